The summed E-state index contributed by atoms with van der Waals surface area (Å²) in [5.74, 6) is -1.71. The number of carboxylic acids is 1. The topological polar surface area (TPSA) is 92.4 Å². The number of hydrogen-bond donors (Lipinski definition) is 3. The molecule has 0 unspecified atom stereocenters. The molecule has 0 aliphatic carbocycles. The number of aliphatic carboxylic acids is 1. The van der Waals surface area contributed by atoms with Gasteiger partial charge < -0.3 is 16.2 Å². The molecule has 7 heteroatoms. The van der Waals surface area contributed by atoms with Crippen molar-refractivity contribution in [3.8, 4) is 0 Å². The lowest BCUT2D eigenvalue weighted by Crippen LogP contribution is -2.38. The fourth-order valence-corrected chi connectivity index (χ4v) is 1.54. The monoisotopic (exact) mass is 276 g/mol. The summed E-state index contributed by atoms with van der Waals surface area (Å²) in [6.07, 6.45) is 0. The highest BCUT2D eigenvalue weighted by Gasteiger charge is 2.17. The maximum absolute atomic E-state index is 11.6. The van der Waals surface area contributed by atoms with Gasteiger partial charge in [-0.2, -0.15) is 0 Å². The number of nitrogens with one attached hydrogen (secondary N) is 1. The Hall–Kier alpha value is -1.46. The number of carbonyl (C=O) groups is 2. The first-order valence-electron chi connectivity index (χ1n) is 4.61. The first kappa shape index (κ1) is 13.6. The van der Waals surface area contributed by atoms with Crippen molar-refractivity contribution in [1.29, 1.82) is 0 Å². The Morgan fingerprint density at radius 3 is 2.24 bits per heavy atom. The van der Waals surface area contributed by atoms with Crippen LogP contribution >= 0.6 is 23.2 Å². The molecule has 1 atom stereocenters. The minimum absolute atomic E-state index is 0.144. The highest BCUT2D eigenvalue weighted by Crippen LogP contribution is 2.28. The van der Waals surface area contributed by atoms with Crippen LogP contribution in [0.3, 0.4) is 0 Å². The lowest BCUT2D eigenvalue weighted by atomic mass is 10.2. The number of carbonyl (C=O) groups excluding carboxylic acids is 1. The Morgan fingerprint density at radius 1 is 1.35 bits per heavy atom. The van der Waals surface area contributed by atoms with Gasteiger partial charge in [0.15, 0.2) is 0 Å². The van der Waals surface area contributed by atoms with E-state index >= 15 is 0 Å². The minimum atomic E-state index is -1.13. The molecule has 17 heavy (non-hydrogen) atoms. The molecule has 0 saturated carbocycles. The number of halogens is 2. The quantitative estimate of drug-likeness (QED) is 0.734. The molecule has 4 N–H and O–H groups in total. The molecule has 1 rings (SSSR count). The summed E-state index contributed by atoms with van der Waals surface area (Å²) in [6, 6.07) is 1.65. The van der Waals surface area contributed by atoms with Crippen LogP contribution in [0, 0.1) is 0 Å². The molecule has 1 aromatic rings. The van der Waals surface area contributed by atoms with Crippen molar-refractivity contribution >= 4 is 40.8 Å². The molecular weight excluding hydrogens is 267 g/mol. The van der Waals surface area contributed by atoms with Crippen molar-refractivity contribution in [3.05, 3.63) is 27.7 Å². The van der Waals surface area contributed by atoms with Crippen LogP contribution in [-0.2, 0) is 4.79 Å². The van der Waals surface area contributed by atoms with Crippen LogP contribution in [-0.4, -0.2) is 23.0 Å². The predicted octanol–water partition coefficient (Wildman–Crippen LogP) is 1.78. The summed E-state index contributed by atoms with van der Waals surface area (Å²) >= 11 is 11.5. The van der Waals surface area contributed by atoms with E-state index in [1.54, 1.807) is 0 Å². The van der Waals surface area contributed by atoms with E-state index in [2.05, 4.69) is 5.32 Å². The molecule has 0 bridgehead atoms. The number of rotatable bonds is 3. The van der Waals surface area contributed by atoms with E-state index < -0.39 is 17.9 Å². The summed E-state index contributed by atoms with van der Waals surface area (Å²) in [7, 11) is 0. The predicted molar refractivity (Wildman–Crippen MR) is 65.4 cm³/mol. The summed E-state index contributed by atoms with van der Waals surface area (Å²) in [5.41, 5.74) is 5.84. The third-order valence-electron chi connectivity index (χ3n) is 2.06. The van der Waals surface area contributed by atoms with Crippen molar-refractivity contribution in [2.45, 2.75) is 13.0 Å². The Kier molecular flexibility index (Phi) is 4.20. The Bertz CT molecular complexity index is 454. The van der Waals surface area contributed by atoms with E-state index in [0.29, 0.717) is 0 Å². The molecule has 0 aliphatic heterocycles. The van der Waals surface area contributed by atoms with E-state index in [1.807, 2.05) is 0 Å². The largest absolute Gasteiger partial charge is 0.480 e. The van der Waals surface area contributed by atoms with Gasteiger partial charge >= 0.3 is 5.97 Å². The average molecular weight is 277 g/mol. The Morgan fingerprint density at radius 2 is 1.82 bits per heavy atom. The number of benzene rings is 1. The van der Waals surface area contributed by atoms with Gasteiger partial charge in [-0.3, -0.25) is 9.59 Å². The second-order valence-corrected chi connectivity index (χ2v) is 4.20. The van der Waals surface area contributed by atoms with Crippen LogP contribution in [0.15, 0.2) is 12.1 Å². The Labute approximate surface area is 108 Å². The first-order valence-corrected chi connectivity index (χ1v) is 5.36. The van der Waals surface area contributed by atoms with Gasteiger partial charge in [-0.15, -0.1) is 0 Å². The van der Waals surface area contributed by atoms with Crippen molar-refractivity contribution in [2.24, 2.45) is 0 Å². The van der Waals surface area contributed by atoms with Crippen LogP contribution in [0.1, 0.15) is 17.3 Å². The van der Waals surface area contributed by atoms with Gasteiger partial charge in [0.05, 0.1) is 15.7 Å². The maximum Gasteiger partial charge on any atom is 0.325 e. The van der Waals surface area contributed by atoms with Crippen LogP contribution < -0.4 is 11.1 Å². The fourth-order valence-electron chi connectivity index (χ4n) is 1.06. The molecule has 5 nitrogen and oxygen atoms in total. The van der Waals surface area contributed by atoms with Crippen LogP contribution in [0.5, 0.6) is 0 Å². The lowest BCUT2D eigenvalue weighted by Gasteiger charge is -2.10. The molecule has 0 radical (unpaired) electrons. The van der Waals surface area contributed by atoms with Gasteiger partial charge in [0, 0.05) is 5.56 Å². The summed E-state index contributed by atoms with van der Waals surface area (Å²) in [6.45, 7) is 1.35. The van der Waals surface area contributed by atoms with E-state index in [9.17, 15) is 9.59 Å². The van der Waals surface area contributed by atoms with Crippen LogP contribution in [0.25, 0.3) is 0 Å². The van der Waals surface area contributed by atoms with E-state index in [-0.39, 0.29) is 21.3 Å². The standard InChI is InChI=1S/C10H10Cl2N2O3/c1-4(10(16)17)14-9(15)5-2-6(11)8(13)7(12)3-5/h2-4H,13H2,1H3,(H,14,15)(H,16,17)/t4-/m0/s1. The van der Waals surface area contributed by atoms with Crippen molar-refractivity contribution in [3.63, 3.8) is 0 Å². The maximum atomic E-state index is 11.6. The average Bonchev–Trinajstić information content (AvgIpc) is 2.24. The van der Waals surface area contributed by atoms with E-state index in [0.717, 1.165) is 0 Å². The lowest BCUT2D eigenvalue weighted by molar-refractivity contribution is -0.138. The molecule has 92 valence electrons. The van der Waals surface area contributed by atoms with Gasteiger partial charge in [0.25, 0.3) is 5.91 Å². The number of nitrogens with two attached hydrogens (primary N) is 1. The smallest absolute Gasteiger partial charge is 0.325 e. The molecular formula is C10H10Cl2N2O3. The van der Waals surface area contributed by atoms with Gasteiger partial charge in [0.2, 0.25) is 0 Å². The molecule has 1 amide bonds. The van der Waals surface area contributed by atoms with Crippen LogP contribution in [0.4, 0.5) is 5.69 Å². The number of amides is 1. The molecule has 0 aliphatic rings. The van der Waals surface area contributed by atoms with Gasteiger partial charge in [-0.1, -0.05) is 23.2 Å². The van der Waals surface area contributed by atoms with E-state index in [4.69, 9.17) is 34.0 Å². The van der Waals surface area contributed by atoms with Crippen molar-refractivity contribution in [1.82, 2.24) is 5.32 Å². The van der Waals surface area contributed by atoms with Crippen molar-refractivity contribution < 1.29 is 14.7 Å². The van der Waals surface area contributed by atoms with Crippen molar-refractivity contribution in [2.75, 3.05) is 5.73 Å². The molecule has 0 fully saturated rings. The summed E-state index contributed by atoms with van der Waals surface area (Å²) in [4.78, 5) is 22.2. The highest BCUT2D eigenvalue weighted by molar-refractivity contribution is 6.39. The van der Waals surface area contributed by atoms with E-state index in [1.165, 1.54) is 19.1 Å². The highest BCUT2D eigenvalue weighted by atomic mass is 35.5. The van der Waals surface area contributed by atoms with Gasteiger partial charge in [-0.05, 0) is 19.1 Å². The summed E-state index contributed by atoms with van der Waals surface area (Å²) in [5, 5.41) is 11.2. The summed E-state index contributed by atoms with van der Waals surface area (Å²) < 4.78 is 0. The second kappa shape index (κ2) is 5.25. The normalized spacial score (nSPS) is 11.9. The molecule has 1 aromatic carbocycles. The number of hydrogen-bond acceptors (Lipinski definition) is 3. The minimum Gasteiger partial charge on any atom is -0.480 e. The molecule has 0 saturated heterocycles. The zero-order valence-corrected chi connectivity index (χ0v) is 10.3. The third-order valence-corrected chi connectivity index (χ3v) is 2.68. The molecule has 0 aromatic heterocycles. The number of carboxylic acid groups (broad SMARTS) is 1. The Balaban J connectivity index is 2.94. The molecule has 0 heterocycles. The third kappa shape index (κ3) is 3.25. The zero-order valence-electron chi connectivity index (χ0n) is 8.83. The van der Waals surface area contributed by atoms with Gasteiger partial charge in [-0.25, -0.2) is 0 Å². The fraction of sp³-hybridized carbons (Fsp3) is 0.200. The first-order chi connectivity index (χ1) is 7.82. The second-order valence-electron chi connectivity index (χ2n) is 3.39. The number of nitrogen functional groups attached to an aromatic ring is 1. The zero-order chi connectivity index (χ0) is 13.2. The SMILES string of the molecule is C[C@H](NC(=O)c1cc(Cl)c(N)c(Cl)c1)C(=O)O. The molecule has 0 spiro atoms. The number of anilines is 1. The van der Waals surface area contributed by atoms with Crippen LogP contribution in [0.2, 0.25) is 10.0 Å². The van der Waals surface area contributed by atoms with Gasteiger partial charge in [0.1, 0.15) is 6.04 Å².